The second kappa shape index (κ2) is 73.5. The summed E-state index contributed by atoms with van der Waals surface area (Å²) in [7, 11) is 6.59. The Morgan fingerprint density at radius 2 is 0.615 bits per heavy atom. The quantitative estimate of drug-likeness (QED) is 0.0261. The Hall–Kier alpha value is -3.50. The van der Waals surface area contributed by atoms with E-state index in [1.54, 1.807) is 74.8 Å². The molecule has 0 bridgehead atoms. The van der Waals surface area contributed by atoms with Crippen LogP contribution >= 0.6 is 11.8 Å². The average molecular weight is 1140 g/mol. The minimum Gasteiger partial charge on any atom is -0.466 e. The number of carbonyl (C=O) groups excluding carboxylic acids is 7. The summed E-state index contributed by atoms with van der Waals surface area (Å²) in [6.45, 7) is 13.2. The first-order valence-corrected chi connectivity index (χ1v) is 26.7. The van der Waals surface area contributed by atoms with Gasteiger partial charge in [-0.15, -0.1) is 11.8 Å². The molecule has 1 rings (SSSR count). The summed E-state index contributed by atoms with van der Waals surface area (Å²) in [5, 5.41) is 0. The van der Waals surface area contributed by atoms with E-state index in [0.29, 0.717) is 64.8 Å². The van der Waals surface area contributed by atoms with E-state index in [4.69, 9.17) is 33.2 Å². The molecule has 0 heterocycles. The number of rotatable bonds is 40. The van der Waals surface area contributed by atoms with E-state index in [9.17, 15) is 33.6 Å². The van der Waals surface area contributed by atoms with Crippen molar-refractivity contribution >= 4 is 52.8 Å². The fraction of sp³-hybridized carbons (Fsp3) is 0.794. The number of ketones is 4. The zero-order valence-corrected chi connectivity index (χ0v) is 46.2. The molecule has 0 amide bonds. The number of benzene rings is 1. The Labute approximate surface area is 486 Å². The average Bonchev–Trinajstić information content (AvgIpc) is 3.31. The molecule has 1 aromatic rings. The minimum absolute atomic E-state index is 0. The van der Waals surface area contributed by atoms with Crippen LogP contribution in [0.1, 0.15) is 256 Å². The van der Waals surface area contributed by atoms with Gasteiger partial charge in [0, 0.05) is 84.0 Å². The number of carbonyl (C=O) groups is 7. The molecule has 4 unspecified atom stereocenters. The molecule has 78 heavy (non-hydrogen) atoms. The standard InChI is InChI=1S/C16H30O4.C14H26O4.C13H18O2S.C12H22O4.8CH4/c1-4-20-16(18)12-10-8-6-5-7-9-11-15(19-3)13-14(2)17;1-4-18-14(16)10-8-6-5-7-9-13(17-3)11-12(2)15;1-11(14)10-12(15-2)8-9-16-13-6-4-3-5-7-13;1-4-16-12(14)8-6-5-7-11(15-3)9-10(2)13;;;;;;;;/h15H,4-13H2,1-3H3;13H,4-11H2,1-3H3;3-7,12H,8-10H2,1-2H3;11H,4-9H2,1-3H3;8*1H4. The number of thioether (sulfide) groups is 1. The van der Waals surface area contributed by atoms with Gasteiger partial charge >= 0.3 is 17.9 Å². The second-order valence-corrected chi connectivity index (χ2v) is 18.4. The first-order chi connectivity index (χ1) is 33.5. The van der Waals surface area contributed by atoms with Crippen LogP contribution in [-0.4, -0.2) is 119 Å². The van der Waals surface area contributed by atoms with Gasteiger partial charge in [0.05, 0.1) is 44.2 Å². The van der Waals surface area contributed by atoms with Crippen molar-refractivity contribution < 1.29 is 66.7 Å². The first-order valence-electron chi connectivity index (χ1n) is 25.7. The first kappa shape index (κ1) is 99.8. The molecule has 15 heteroatoms. The maximum absolute atomic E-state index is 11.1. The fourth-order valence-electron chi connectivity index (χ4n) is 7.00. The number of methoxy groups -OCH3 is 4. The molecule has 0 aliphatic heterocycles. The smallest absolute Gasteiger partial charge is 0.305 e. The largest absolute Gasteiger partial charge is 0.466 e. The lowest BCUT2D eigenvalue weighted by Crippen LogP contribution is -2.15. The van der Waals surface area contributed by atoms with E-state index in [2.05, 4.69) is 12.1 Å². The molecule has 0 aliphatic carbocycles. The van der Waals surface area contributed by atoms with Crippen LogP contribution in [0.4, 0.5) is 0 Å². The van der Waals surface area contributed by atoms with Crippen molar-refractivity contribution in [3.05, 3.63) is 30.3 Å². The van der Waals surface area contributed by atoms with Crippen molar-refractivity contribution in [3.8, 4) is 0 Å². The topological polar surface area (TPSA) is 184 Å². The number of hydrogen-bond acceptors (Lipinski definition) is 15. The zero-order chi connectivity index (χ0) is 53.2. The normalized spacial score (nSPS) is 11.0. The molecule has 0 fully saturated rings. The van der Waals surface area contributed by atoms with Crippen molar-refractivity contribution in [2.24, 2.45) is 0 Å². The molecule has 0 saturated heterocycles. The van der Waals surface area contributed by atoms with Crippen LogP contribution in [0.15, 0.2) is 35.2 Å². The highest BCUT2D eigenvalue weighted by molar-refractivity contribution is 7.99. The maximum Gasteiger partial charge on any atom is 0.305 e. The van der Waals surface area contributed by atoms with Crippen LogP contribution in [0.3, 0.4) is 0 Å². The molecule has 14 nitrogen and oxygen atoms in total. The Bertz CT molecular complexity index is 1460. The Morgan fingerprint density at radius 1 is 0.372 bits per heavy atom. The molecule has 470 valence electrons. The number of Topliss-reactive ketones (excluding diaryl/α,β-unsaturated/α-hetero) is 4. The predicted molar refractivity (Wildman–Crippen MR) is 333 cm³/mol. The van der Waals surface area contributed by atoms with Gasteiger partial charge in [-0.1, -0.05) is 135 Å². The Balaban J connectivity index is -0.0000000827. The van der Waals surface area contributed by atoms with Gasteiger partial charge in [0.25, 0.3) is 0 Å². The minimum atomic E-state index is -0.150. The van der Waals surface area contributed by atoms with Crippen LogP contribution in [0.5, 0.6) is 0 Å². The summed E-state index contributed by atoms with van der Waals surface area (Å²) in [6.07, 6.45) is 19.5. The van der Waals surface area contributed by atoms with Gasteiger partial charge in [-0.3, -0.25) is 33.6 Å². The molecule has 0 saturated carbocycles. The molecule has 0 spiro atoms. The van der Waals surface area contributed by atoms with E-state index >= 15 is 0 Å². The third-order valence-electron chi connectivity index (χ3n) is 10.7. The lowest BCUT2D eigenvalue weighted by Gasteiger charge is -2.13. The number of hydrogen-bond donors (Lipinski definition) is 0. The molecule has 0 N–H and O–H groups in total. The zero-order valence-electron chi connectivity index (χ0n) is 45.4. The molecule has 0 aromatic heterocycles. The lowest BCUT2D eigenvalue weighted by atomic mass is 10.0. The van der Waals surface area contributed by atoms with Crippen LogP contribution < -0.4 is 0 Å². The van der Waals surface area contributed by atoms with Gasteiger partial charge in [-0.05, 0) is 106 Å². The fourth-order valence-corrected chi connectivity index (χ4v) is 7.97. The summed E-state index contributed by atoms with van der Waals surface area (Å²) in [6, 6.07) is 10.3. The highest BCUT2D eigenvalue weighted by Gasteiger charge is 2.13. The van der Waals surface area contributed by atoms with Crippen molar-refractivity contribution in [1.29, 1.82) is 0 Å². The van der Waals surface area contributed by atoms with Gasteiger partial charge in [0.2, 0.25) is 0 Å². The van der Waals surface area contributed by atoms with Crippen LogP contribution in [-0.2, 0) is 66.7 Å². The SMILES string of the molecule is C.C.C.C.C.C.C.C.CCOC(=O)CCCCC(CC(C)=O)OC.CCOC(=O)CCCCCCC(CC(C)=O)OC.CCOC(=O)CCCCCCCCC(CC(C)=O)OC.COC(CCSc1ccccc1)CC(C)=O. The summed E-state index contributed by atoms with van der Waals surface area (Å²) in [4.78, 5) is 78.3. The molecule has 4 atom stereocenters. The van der Waals surface area contributed by atoms with Crippen LogP contribution in [0, 0.1) is 0 Å². The second-order valence-electron chi connectivity index (χ2n) is 17.3. The van der Waals surface area contributed by atoms with Gasteiger partial charge in [0.1, 0.15) is 23.1 Å². The molecule has 1 aromatic carbocycles. The van der Waals surface area contributed by atoms with E-state index in [1.165, 1.54) is 11.3 Å². The van der Waals surface area contributed by atoms with Gasteiger partial charge < -0.3 is 33.2 Å². The van der Waals surface area contributed by atoms with Crippen molar-refractivity contribution in [2.75, 3.05) is 54.0 Å². The number of unbranched alkanes of at least 4 members (excludes halogenated alkanes) is 9. The molecule has 0 radical (unpaired) electrons. The predicted octanol–water partition coefficient (Wildman–Crippen LogP) is 16.9. The monoisotopic (exact) mass is 1140 g/mol. The number of esters is 3. The summed E-state index contributed by atoms with van der Waals surface area (Å²) < 4.78 is 35.5. The van der Waals surface area contributed by atoms with Gasteiger partial charge in [-0.2, -0.15) is 0 Å². The van der Waals surface area contributed by atoms with E-state index in [-0.39, 0.29) is 125 Å². The molecular formula is C63H128O14S. The Morgan fingerprint density at radius 3 is 0.885 bits per heavy atom. The lowest BCUT2D eigenvalue weighted by molar-refractivity contribution is -0.144. The molecule has 0 aliphatic rings. The summed E-state index contributed by atoms with van der Waals surface area (Å²) in [5.74, 6) is 1.33. The van der Waals surface area contributed by atoms with Crippen molar-refractivity contribution in [3.63, 3.8) is 0 Å². The summed E-state index contributed by atoms with van der Waals surface area (Å²) in [5.41, 5.74) is 0. The summed E-state index contributed by atoms with van der Waals surface area (Å²) >= 11 is 1.80. The van der Waals surface area contributed by atoms with Gasteiger partial charge in [-0.25, -0.2) is 0 Å². The van der Waals surface area contributed by atoms with E-state index < -0.39 is 0 Å². The van der Waals surface area contributed by atoms with E-state index in [0.717, 1.165) is 102 Å². The number of ether oxygens (including phenoxy) is 7. The van der Waals surface area contributed by atoms with Gasteiger partial charge in [0.15, 0.2) is 0 Å². The third kappa shape index (κ3) is 74.6. The van der Waals surface area contributed by atoms with Crippen molar-refractivity contribution in [2.45, 2.75) is 285 Å². The maximum atomic E-state index is 11.1. The van der Waals surface area contributed by atoms with E-state index in [1.807, 2.05) is 32.0 Å². The Kier molecular flexibility index (Phi) is 94.1. The van der Waals surface area contributed by atoms with Crippen molar-refractivity contribution in [1.82, 2.24) is 0 Å². The highest BCUT2D eigenvalue weighted by Crippen LogP contribution is 2.20. The van der Waals surface area contributed by atoms with Crippen LogP contribution in [0.2, 0.25) is 0 Å². The van der Waals surface area contributed by atoms with Crippen LogP contribution in [0.25, 0.3) is 0 Å². The molecular weight excluding hydrogens is 1010 g/mol. The highest BCUT2D eigenvalue weighted by atomic mass is 32.2. The third-order valence-corrected chi connectivity index (χ3v) is 11.8.